The first-order chi connectivity index (χ1) is 9.58. The van der Waals surface area contributed by atoms with Crippen LogP contribution in [-0.2, 0) is 18.9 Å². The van der Waals surface area contributed by atoms with Crippen molar-refractivity contribution in [2.24, 2.45) is 0 Å². The summed E-state index contributed by atoms with van der Waals surface area (Å²) >= 11 is 0. The lowest BCUT2D eigenvalue weighted by Gasteiger charge is -2.37. The average Bonchev–Trinajstić information content (AvgIpc) is 2.38. The summed E-state index contributed by atoms with van der Waals surface area (Å²) in [6.45, 7) is 15.7. The highest BCUT2D eigenvalue weighted by Gasteiger charge is 2.48. The maximum atomic E-state index is 5.85. The van der Waals surface area contributed by atoms with Crippen LogP contribution in [0.15, 0.2) is 12.3 Å². The first-order valence-corrected chi connectivity index (χ1v) is 9.92. The summed E-state index contributed by atoms with van der Waals surface area (Å²) in [4.78, 5) is 11.2. The Bertz CT molecular complexity index is 306. The van der Waals surface area contributed by atoms with E-state index >= 15 is 0 Å². The first-order valence-electron chi connectivity index (χ1n) is 7.95. The Labute approximate surface area is 130 Å². The second-order valence-corrected chi connectivity index (χ2v) is 10.8. The molecule has 4 nitrogen and oxygen atoms in total. The molecule has 0 spiro atoms. The van der Waals surface area contributed by atoms with Gasteiger partial charge in [-0.25, -0.2) is 18.9 Å². The molecular weight excluding hydrogens is 284 g/mol. The standard InChI is InChI=1S/C16H32O4Si/c1-8-21(19-17-15(2,3)4,20-18-16(5,6)7)14-12-10-9-11-13-14/h8,14H,1,9-13H2,2-7H3. The summed E-state index contributed by atoms with van der Waals surface area (Å²) in [5, 5.41) is 0. The van der Waals surface area contributed by atoms with E-state index < -0.39 is 8.56 Å². The van der Waals surface area contributed by atoms with E-state index in [4.69, 9.17) is 18.9 Å². The van der Waals surface area contributed by atoms with Crippen LogP contribution in [0.5, 0.6) is 0 Å². The highest BCUT2D eigenvalue weighted by molar-refractivity contribution is 6.73. The zero-order valence-electron chi connectivity index (χ0n) is 14.5. The van der Waals surface area contributed by atoms with Gasteiger partial charge in [-0.15, -0.1) is 6.58 Å². The highest BCUT2D eigenvalue weighted by Crippen LogP contribution is 2.40. The molecule has 0 aromatic heterocycles. The molecule has 0 unspecified atom stereocenters. The molecule has 0 aliphatic heterocycles. The van der Waals surface area contributed by atoms with Crippen molar-refractivity contribution >= 4 is 8.56 Å². The summed E-state index contributed by atoms with van der Waals surface area (Å²) in [5.41, 5.74) is 1.36. The number of rotatable bonds is 6. The third kappa shape index (κ3) is 6.61. The predicted molar refractivity (Wildman–Crippen MR) is 86.6 cm³/mol. The lowest BCUT2D eigenvalue weighted by Crippen LogP contribution is -2.49. The van der Waals surface area contributed by atoms with Crippen molar-refractivity contribution < 1.29 is 18.9 Å². The third-order valence-corrected chi connectivity index (χ3v) is 6.27. The van der Waals surface area contributed by atoms with Gasteiger partial charge in [-0.05, 0) is 60.1 Å². The molecule has 0 amide bonds. The van der Waals surface area contributed by atoms with Gasteiger partial charge in [-0.3, -0.25) is 0 Å². The van der Waals surface area contributed by atoms with Gasteiger partial charge in [0.15, 0.2) is 0 Å². The SMILES string of the molecule is C=C[Si](OOC(C)(C)C)(OOC(C)(C)C)C1CCCCC1. The van der Waals surface area contributed by atoms with Crippen LogP contribution in [0.3, 0.4) is 0 Å². The van der Waals surface area contributed by atoms with Crippen molar-refractivity contribution in [1.29, 1.82) is 0 Å². The Morgan fingerprint density at radius 3 is 1.62 bits per heavy atom. The molecule has 5 heteroatoms. The highest BCUT2D eigenvalue weighted by atomic mass is 28.4. The third-order valence-electron chi connectivity index (χ3n) is 3.30. The fourth-order valence-electron chi connectivity index (χ4n) is 2.27. The molecule has 21 heavy (non-hydrogen) atoms. The normalized spacial score (nSPS) is 18.8. The average molecular weight is 317 g/mol. The Morgan fingerprint density at radius 1 is 0.857 bits per heavy atom. The lowest BCUT2D eigenvalue weighted by atomic mass is 10.0. The van der Waals surface area contributed by atoms with E-state index in [1.807, 2.05) is 41.5 Å². The van der Waals surface area contributed by atoms with E-state index in [2.05, 4.69) is 6.58 Å². The Morgan fingerprint density at radius 2 is 1.29 bits per heavy atom. The van der Waals surface area contributed by atoms with Crippen LogP contribution in [0, 0.1) is 0 Å². The molecule has 0 aromatic carbocycles. The van der Waals surface area contributed by atoms with Crippen molar-refractivity contribution in [3.05, 3.63) is 12.3 Å². The van der Waals surface area contributed by atoms with E-state index in [1.165, 1.54) is 19.3 Å². The monoisotopic (exact) mass is 316 g/mol. The van der Waals surface area contributed by atoms with Crippen LogP contribution in [-0.4, -0.2) is 19.8 Å². The van der Waals surface area contributed by atoms with Crippen LogP contribution in [0.1, 0.15) is 73.6 Å². The zero-order chi connectivity index (χ0) is 16.1. The van der Waals surface area contributed by atoms with Crippen molar-refractivity contribution in [2.45, 2.75) is 90.4 Å². The topological polar surface area (TPSA) is 36.9 Å². The van der Waals surface area contributed by atoms with Gasteiger partial charge in [0, 0.05) is 5.54 Å². The second-order valence-electron chi connectivity index (χ2n) is 7.82. The molecule has 0 N–H and O–H groups in total. The maximum Gasteiger partial charge on any atom is 0.435 e. The Hall–Kier alpha value is -0.203. The molecule has 0 saturated heterocycles. The quantitative estimate of drug-likeness (QED) is 0.393. The second kappa shape index (κ2) is 7.37. The van der Waals surface area contributed by atoms with Crippen LogP contribution >= 0.6 is 0 Å². The van der Waals surface area contributed by atoms with Crippen LogP contribution in [0.4, 0.5) is 0 Å². The van der Waals surface area contributed by atoms with Gasteiger partial charge in [0.05, 0.1) is 11.2 Å². The van der Waals surface area contributed by atoms with Gasteiger partial charge < -0.3 is 0 Å². The van der Waals surface area contributed by atoms with E-state index in [-0.39, 0.29) is 11.2 Å². The van der Waals surface area contributed by atoms with Gasteiger partial charge in [-0.2, -0.15) is 0 Å². The first kappa shape index (κ1) is 18.8. The van der Waals surface area contributed by atoms with Crippen LogP contribution < -0.4 is 0 Å². The van der Waals surface area contributed by atoms with E-state index in [9.17, 15) is 0 Å². The predicted octanol–water partition coefficient (Wildman–Crippen LogP) is 4.98. The van der Waals surface area contributed by atoms with Crippen molar-refractivity contribution in [2.75, 3.05) is 0 Å². The van der Waals surface area contributed by atoms with Gasteiger partial charge in [-0.1, -0.05) is 19.3 Å². The van der Waals surface area contributed by atoms with Crippen LogP contribution in [0.25, 0.3) is 0 Å². The fraction of sp³-hybridized carbons (Fsp3) is 0.875. The minimum atomic E-state index is -2.77. The van der Waals surface area contributed by atoms with Crippen molar-refractivity contribution in [1.82, 2.24) is 0 Å². The largest absolute Gasteiger partial charge is 0.435 e. The molecule has 0 atom stereocenters. The van der Waals surface area contributed by atoms with Gasteiger partial charge >= 0.3 is 8.56 Å². The number of hydrogen-bond donors (Lipinski definition) is 0. The fourth-order valence-corrected chi connectivity index (χ4v) is 5.01. The molecule has 1 saturated carbocycles. The maximum absolute atomic E-state index is 5.85. The summed E-state index contributed by atoms with van der Waals surface area (Å²) in [6, 6.07) is 0. The molecule has 1 aliphatic carbocycles. The summed E-state index contributed by atoms with van der Waals surface area (Å²) in [5.74, 6) is 0. The van der Waals surface area contributed by atoms with E-state index in [0.29, 0.717) is 5.54 Å². The zero-order valence-corrected chi connectivity index (χ0v) is 15.5. The molecule has 0 heterocycles. The van der Waals surface area contributed by atoms with Gasteiger partial charge in [0.2, 0.25) is 0 Å². The number of hydrogen-bond acceptors (Lipinski definition) is 4. The molecule has 1 aliphatic rings. The summed E-state index contributed by atoms with van der Waals surface area (Å²) < 4.78 is 11.7. The van der Waals surface area contributed by atoms with Crippen molar-refractivity contribution in [3.8, 4) is 0 Å². The Kier molecular flexibility index (Phi) is 6.62. The molecule has 0 aromatic rings. The molecule has 0 radical (unpaired) electrons. The summed E-state index contributed by atoms with van der Waals surface area (Å²) in [6.07, 6.45) is 5.84. The van der Waals surface area contributed by atoms with E-state index in [1.54, 1.807) is 5.70 Å². The van der Waals surface area contributed by atoms with Crippen molar-refractivity contribution in [3.63, 3.8) is 0 Å². The lowest BCUT2D eigenvalue weighted by molar-refractivity contribution is -0.348. The summed E-state index contributed by atoms with van der Waals surface area (Å²) in [7, 11) is -2.77. The van der Waals surface area contributed by atoms with Crippen LogP contribution in [0.2, 0.25) is 5.54 Å². The molecular formula is C16H32O4Si. The van der Waals surface area contributed by atoms with Gasteiger partial charge in [0.25, 0.3) is 0 Å². The van der Waals surface area contributed by atoms with Gasteiger partial charge in [0.1, 0.15) is 0 Å². The molecule has 124 valence electrons. The van der Waals surface area contributed by atoms with E-state index in [0.717, 1.165) is 12.8 Å². The molecule has 1 fully saturated rings. The smallest absolute Gasteiger partial charge is 0.243 e. The molecule has 1 rings (SSSR count). The minimum Gasteiger partial charge on any atom is -0.243 e. The minimum absolute atomic E-state index is 0.327. The molecule has 0 bridgehead atoms. The Balaban J connectivity index is 2.85.